The van der Waals surface area contributed by atoms with E-state index in [4.69, 9.17) is 16.4 Å². The van der Waals surface area contributed by atoms with Gasteiger partial charge in [-0.2, -0.15) is 10.4 Å². The van der Waals surface area contributed by atoms with Crippen molar-refractivity contribution in [1.29, 1.82) is 10.7 Å². The van der Waals surface area contributed by atoms with E-state index < -0.39 is 17.5 Å². The predicted molar refractivity (Wildman–Crippen MR) is 62.6 cm³/mol. The molecule has 8 heteroatoms. The van der Waals surface area contributed by atoms with Gasteiger partial charge in [0, 0.05) is 12.1 Å². The third-order valence-corrected chi connectivity index (χ3v) is 2.40. The third kappa shape index (κ3) is 3.22. The second kappa shape index (κ2) is 5.36. The predicted octanol–water partition coefficient (Wildman–Crippen LogP) is 1.95. The monoisotopic (exact) mass is 301 g/mol. The Kier molecular flexibility index (Phi) is 4.12. The van der Waals surface area contributed by atoms with Gasteiger partial charge in [-0.25, -0.2) is 8.78 Å². The minimum atomic E-state index is -0.816. The molecule has 0 aliphatic carbocycles. The number of anilines is 1. The molecular formula is C9H6BrF2N5. The minimum Gasteiger partial charge on any atom is -0.382 e. The number of benzene rings is 1. The molecule has 5 nitrogen and oxygen atoms in total. The van der Waals surface area contributed by atoms with E-state index in [1.165, 1.54) is 0 Å². The van der Waals surface area contributed by atoms with E-state index in [9.17, 15) is 8.78 Å². The molecule has 0 aliphatic heterocycles. The van der Waals surface area contributed by atoms with Gasteiger partial charge in [0.15, 0.2) is 5.84 Å². The molecule has 88 valence electrons. The van der Waals surface area contributed by atoms with Gasteiger partial charge in [-0.15, -0.1) is 0 Å². The molecule has 1 rings (SSSR count). The van der Waals surface area contributed by atoms with Crippen molar-refractivity contribution in [3.63, 3.8) is 0 Å². The van der Waals surface area contributed by atoms with Crippen LogP contribution in [0.15, 0.2) is 21.7 Å². The molecule has 1 aromatic carbocycles. The molecule has 0 unspecified atom stereocenters. The van der Waals surface area contributed by atoms with E-state index in [1.54, 1.807) is 6.07 Å². The number of hydrazone groups is 1. The van der Waals surface area contributed by atoms with Crippen molar-refractivity contribution in [2.24, 2.45) is 10.8 Å². The second-order valence-corrected chi connectivity index (χ2v) is 3.64. The van der Waals surface area contributed by atoms with Crippen LogP contribution in [0.25, 0.3) is 0 Å². The van der Waals surface area contributed by atoms with E-state index in [-0.39, 0.29) is 15.9 Å². The number of hydrogen-bond acceptors (Lipinski definition) is 4. The highest BCUT2D eigenvalue weighted by Crippen LogP contribution is 2.23. The summed E-state index contributed by atoms with van der Waals surface area (Å²) in [5, 5.41) is 18.9. The lowest BCUT2D eigenvalue weighted by atomic mass is 10.3. The molecule has 0 radical (unpaired) electrons. The van der Waals surface area contributed by atoms with E-state index in [1.807, 2.05) is 0 Å². The molecule has 0 spiro atoms. The molecule has 0 atom stereocenters. The average Bonchev–Trinajstić information content (AvgIpc) is 2.26. The first kappa shape index (κ1) is 13.1. The van der Waals surface area contributed by atoms with Crippen LogP contribution >= 0.6 is 15.9 Å². The Balaban J connectivity index is 2.98. The van der Waals surface area contributed by atoms with E-state index in [0.29, 0.717) is 0 Å². The molecule has 0 bridgehead atoms. The number of nitrogens with two attached hydrogens (primary N) is 1. The largest absolute Gasteiger partial charge is 0.382 e. The molecule has 0 fully saturated rings. The van der Waals surface area contributed by atoms with E-state index >= 15 is 0 Å². The summed E-state index contributed by atoms with van der Waals surface area (Å²) < 4.78 is 25.9. The summed E-state index contributed by atoms with van der Waals surface area (Å²) in [7, 11) is 0. The summed E-state index contributed by atoms with van der Waals surface area (Å²) >= 11 is 2.71. The van der Waals surface area contributed by atoms with Crippen LogP contribution < -0.4 is 11.2 Å². The Morgan fingerprint density at radius 2 is 2.00 bits per heavy atom. The second-order valence-electron chi connectivity index (χ2n) is 2.85. The Hall–Kier alpha value is -2.01. The highest BCUT2D eigenvalue weighted by molar-refractivity contribution is 9.10. The standard InChI is InChI=1S/C9H6BrF2N5/c10-8-5(11)1-4(2-6(8)12)16-17-7(3-13)9(14)15/h1-2,16H,(H3,14,15)/b17-7+. The van der Waals surface area contributed by atoms with Gasteiger partial charge in [0.2, 0.25) is 5.71 Å². The first-order valence-corrected chi connectivity index (χ1v) is 4.97. The van der Waals surface area contributed by atoms with Crippen LogP contribution in [0.2, 0.25) is 0 Å². The van der Waals surface area contributed by atoms with Gasteiger partial charge >= 0.3 is 0 Å². The zero-order valence-electron chi connectivity index (χ0n) is 8.26. The molecule has 0 saturated heterocycles. The van der Waals surface area contributed by atoms with Gasteiger partial charge in [-0.05, 0) is 15.9 Å². The van der Waals surface area contributed by atoms with Crippen molar-refractivity contribution < 1.29 is 8.78 Å². The van der Waals surface area contributed by atoms with Crippen LogP contribution in [0.4, 0.5) is 14.5 Å². The Bertz CT molecular complexity index is 512. The molecule has 0 saturated carbocycles. The lowest BCUT2D eigenvalue weighted by Crippen LogP contribution is -2.21. The molecule has 0 aromatic heterocycles. The van der Waals surface area contributed by atoms with Gasteiger partial charge in [-0.1, -0.05) is 0 Å². The zero-order chi connectivity index (χ0) is 13.0. The summed E-state index contributed by atoms with van der Waals surface area (Å²) in [5.41, 5.74) is 6.88. The molecule has 0 aliphatic rings. The van der Waals surface area contributed by atoms with Crippen LogP contribution in [0.3, 0.4) is 0 Å². The molecule has 0 heterocycles. The fraction of sp³-hybridized carbons (Fsp3) is 0. The van der Waals surface area contributed by atoms with E-state index in [0.717, 1.165) is 12.1 Å². The normalized spacial score (nSPS) is 10.8. The number of hydrogen-bond donors (Lipinski definition) is 3. The first-order valence-electron chi connectivity index (χ1n) is 4.18. The number of nitriles is 1. The zero-order valence-corrected chi connectivity index (χ0v) is 9.85. The Morgan fingerprint density at radius 1 is 1.47 bits per heavy atom. The highest BCUT2D eigenvalue weighted by Gasteiger charge is 2.08. The van der Waals surface area contributed by atoms with Crippen molar-refractivity contribution in [3.8, 4) is 6.07 Å². The molecular weight excluding hydrogens is 296 g/mol. The summed E-state index contributed by atoms with van der Waals surface area (Å²) in [5.74, 6) is -2.17. The fourth-order valence-electron chi connectivity index (χ4n) is 0.886. The molecule has 0 amide bonds. The summed E-state index contributed by atoms with van der Waals surface area (Å²) in [4.78, 5) is 0. The average molecular weight is 302 g/mol. The first-order chi connectivity index (χ1) is 7.95. The van der Waals surface area contributed by atoms with Gasteiger partial charge in [0.05, 0.1) is 10.2 Å². The lowest BCUT2D eigenvalue weighted by Gasteiger charge is -2.03. The Labute approximate surface area is 104 Å². The highest BCUT2D eigenvalue weighted by atomic mass is 79.9. The summed E-state index contributed by atoms with van der Waals surface area (Å²) in [6.45, 7) is 0. The maximum absolute atomic E-state index is 13.1. The van der Waals surface area contributed by atoms with Crippen LogP contribution in [0, 0.1) is 28.4 Å². The SMILES string of the molecule is N#C/C(=N\Nc1cc(F)c(Br)c(F)c1)C(=N)N. The van der Waals surface area contributed by atoms with Crippen molar-refractivity contribution in [3.05, 3.63) is 28.2 Å². The number of nitrogens with zero attached hydrogens (tertiary/aromatic N) is 2. The van der Waals surface area contributed by atoms with Crippen LogP contribution in [-0.4, -0.2) is 11.5 Å². The van der Waals surface area contributed by atoms with Gasteiger partial charge in [0.25, 0.3) is 0 Å². The molecule has 4 N–H and O–H groups in total. The van der Waals surface area contributed by atoms with Crippen LogP contribution in [0.5, 0.6) is 0 Å². The maximum atomic E-state index is 13.1. The smallest absolute Gasteiger partial charge is 0.201 e. The maximum Gasteiger partial charge on any atom is 0.201 e. The van der Waals surface area contributed by atoms with Crippen molar-refractivity contribution >= 4 is 33.2 Å². The molecule has 1 aromatic rings. The van der Waals surface area contributed by atoms with Crippen molar-refractivity contribution in [2.75, 3.05) is 5.43 Å². The number of rotatable bonds is 3. The molecule has 17 heavy (non-hydrogen) atoms. The van der Waals surface area contributed by atoms with Crippen LogP contribution in [0.1, 0.15) is 0 Å². The number of halogens is 3. The van der Waals surface area contributed by atoms with Gasteiger partial charge in [-0.3, -0.25) is 10.8 Å². The summed E-state index contributed by atoms with van der Waals surface area (Å²) in [6.07, 6.45) is 0. The lowest BCUT2D eigenvalue weighted by molar-refractivity contribution is 0.572. The van der Waals surface area contributed by atoms with Crippen molar-refractivity contribution in [1.82, 2.24) is 0 Å². The third-order valence-electron chi connectivity index (χ3n) is 1.64. The van der Waals surface area contributed by atoms with Gasteiger partial charge in [0.1, 0.15) is 17.7 Å². The number of amidine groups is 1. The number of nitrogens with one attached hydrogen (secondary N) is 2. The topological polar surface area (TPSA) is 98.0 Å². The summed E-state index contributed by atoms with van der Waals surface area (Å²) in [6, 6.07) is 3.51. The van der Waals surface area contributed by atoms with Gasteiger partial charge < -0.3 is 5.73 Å². The van der Waals surface area contributed by atoms with Crippen molar-refractivity contribution in [2.45, 2.75) is 0 Å². The minimum absolute atomic E-state index is 0.00259. The van der Waals surface area contributed by atoms with Crippen LogP contribution in [-0.2, 0) is 0 Å². The quantitative estimate of drug-likeness (QED) is 0.344. The van der Waals surface area contributed by atoms with E-state index in [2.05, 4.69) is 26.5 Å². The fourth-order valence-corrected chi connectivity index (χ4v) is 1.11. The Morgan fingerprint density at radius 3 is 2.41 bits per heavy atom.